The van der Waals surface area contributed by atoms with Gasteiger partial charge in [-0.2, -0.15) is 0 Å². The minimum absolute atomic E-state index is 0.0392. The third-order valence-corrected chi connectivity index (χ3v) is 6.36. The Balaban J connectivity index is 2.03. The second kappa shape index (κ2) is 9.91. The minimum Gasteiger partial charge on any atom is -0.489 e. The Hall–Kier alpha value is -1.35. The fourth-order valence-corrected chi connectivity index (χ4v) is 4.24. The fourth-order valence-electron chi connectivity index (χ4n) is 3.14. The molecule has 0 bridgehead atoms. The first-order valence-corrected chi connectivity index (χ1v) is 11.6. The van der Waals surface area contributed by atoms with Gasteiger partial charge in [-0.25, -0.2) is 12.7 Å². The van der Waals surface area contributed by atoms with Gasteiger partial charge in [0, 0.05) is 38.3 Å². The number of hydrogen-bond acceptors (Lipinski definition) is 5. The lowest BCUT2D eigenvalue weighted by molar-refractivity contribution is 0.0635. The van der Waals surface area contributed by atoms with E-state index in [1.165, 1.54) is 10.6 Å². The molecule has 7 nitrogen and oxygen atoms in total. The van der Waals surface area contributed by atoms with Crippen molar-refractivity contribution in [2.75, 3.05) is 39.6 Å². The van der Waals surface area contributed by atoms with Crippen molar-refractivity contribution in [2.45, 2.75) is 38.8 Å². The second-order valence-electron chi connectivity index (χ2n) is 7.21. The summed E-state index contributed by atoms with van der Waals surface area (Å²) in [5.74, 6) is 0.394. The minimum atomic E-state index is -3.17. The number of amides is 1. The van der Waals surface area contributed by atoms with Crippen molar-refractivity contribution in [3.05, 3.63) is 28.8 Å². The van der Waals surface area contributed by atoms with Crippen LogP contribution in [-0.2, 0) is 14.8 Å². The van der Waals surface area contributed by atoms with Gasteiger partial charge in [-0.15, -0.1) is 0 Å². The van der Waals surface area contributed by atoms with E-state index in [0.29, 0.717) is 55.4 Å². The van der Waals surface area contributed by atoms with Gasteiger partial charge in [0.05, 0.1) is 17.9 Å². The van der Waals surface area contributed by atoms with E-state index in [1.54, 1.807) is 30.2 Å². The lowest BCUT2D eigenvalue weighted by Gasteiger charge is -2.30. The molecule has 28 heavy (non-hydrogen) atoms. The molecule has 1 saturated heterocycles. The third-order valence-electron chi connectivity index (χ3n) is 4.76. The molecule has 0 radical (unpaired) electrons. The maximum absolute atomic E-state index is 12.8. The maximum Gasteiger partial charge on any atom is 0.254 e. The number of ether oxygens (including phenoxy) is 2. The molecule has 0 aliphatic carbocycles. The van der Waals surface area contributed by atoms with Crippen LogP contribution < -0.4 is 4.74 Å². The van der Waals surface area contributed by atoms with Crippen molar-refractivity contribution in [1.82, 2.24) is 9.21 Å². The lowest BCUT2D eigenvalue weighted by Crippen LogP contribution is -2.41. The van der Waals surface area contributed by atoms with Gasteiger partial charge < -0.3 is 14.4 Å². The number of methoxy groups -OCH3 is 1. The van der Waals surface area contributed by atoms with E-state index in [0.717, 1.165) is 0 Å². The summed E-state index contributed by atoms with van der Waals surface area (Å²) in [6, 6.07) is 5.06. The van der Waals surface area contributed by atoms with Crippen molar-refractivity contribution >= 4 is 27.5 Å². The number of piperidine rings is 1. The van der Waals surface area contributed by atoms with E-state index in [9.17, 15) is 13.2 Å². The highest BCUT2D eigenvalue weighted by atomic mass is 35.5. The largest absolute Gasteiger partial charge is 0.489 e. The summed E-state index contributed by atoms with van der Waals surface area (Å²) in [7, 11) is -1.56. The fraction of sp³-hybridized carbons (Fsp3) is 0.632. The number of carbonyl (C=O) groups excluding carboxylic acids is 1. The second-order valence-corrected chi connectivity index (χ2v) is 9.60. The number of carbonyl (C=O) groups is 1. The molecular formula is C19H29ClN2O5S. The third kappa shape index (κ3) is 6.07. The molecule has 1 aliphatic heterocycles. The molecule has 158 valence electrons. The van der Waals surface area contributed by atoms with E-state index >= 15 is 0 Å². The van der Waals surface area contributed by atoms with Crippen LogP contribution in [0.25, 0.3) is 0 Å². The molecule has 0 spiro atoms. The summed E-state index contributed by atoms with van der Waals surface area (Å²) in [6.07, 6.45) is 2.31. The summed E-state index contributed by atoms with van der Waals surface area (Å²) in [4.78, 5) is 14.5. The average Bonchev–Trinajstić information content (AvgIpc) is 2.63. The number of benzene rings is 1. The van der Waals surface area contributed by atoms with E-state index < -0.39 is 10.0 Å². The number of halogens is 1. The molecule has 1 aliphatic rings. The molecule has 0 atom stereocenters. The van der Waals surface area contributed by atoms with Crippen LogP contribution in [0, 0.1) is 0 Å². The highest BCUT2D eigenvalue weighted by Gasteiger charge is 2.26. The first-order chi connectivity index (χ1) is 13.1. The molecule has 1 heterocycles. The topological polar surface area (TPSA) is 76.2 Å². The first kappa shape index (κ1) is 22.9. The van der Waals surface area contributed by atoms with Crippen LogP contribution in [-0.4, -0.2) is 75.3 Å². The van der Waals surface area contributed by atoms with Gasteiger partial charge in [-0.3, -0.25) is 4.79 Å². The molecule has 1 fully saturated rings. The van der Waals surface area contributed by atoms with Gasteiger partial charge in [0.1, 0.15) is 11.9 Å². The van der Waals surface area contributed by atoms with Gasteiger partial charge in [0.25, 0.3) is 5.91 Å². The summed E-state index contributed by atoms with van der Waals surface area (Å²) in [5.41, 5.74) is 0.494. The standard InChI is InChI=1S/C19H29ClN2O5S/c1-14(2)22(11-12-26-3)19(23)15-5-6-18(17(20)13-15)27-16-7-9-21(10-8-16)28(4,24)25/h5-6,13-14,16H,7-12H2,1-4H3. The summed E-state index contributed by atoms with van der Waals surface area (Å²) in [6.45, 7) is 5.74. The van der Waals surface area contributed by atoms with Crippen LogP contribution in [0.5, 0.6) is 5.75 Å². The van der Waals surface area contributed by atoms with E-state index in [4.69, 9.17) is 21.1 Å². The van der Waals surface area contributed by atoms with Gasteiger partial charge in [-0.1, -0.05) is 11.6 Å². The number of rotatable bonds is 8. The summed E-state index contributed by atoms with van der Waals surface area (Å²) >= 11 is 6.36. The maximum atomic E-state index is 12.8. The molecule has 0 aromatic heterocycles. The summed E-state index contributed by atoms with van der Waals surface area (Å²) < 4.78 is 35.7. The van der Waals surface area contributed by atoms with Crippen molar-refractivity contribution in [2.24, 2.45) is 0 Å². The Kier molecular flexibility index (Phi) is 8.12. The Morgan fingerprint density at radius 3 is 2.46 bits per heavy atom. The Morgan fingerprint density at radius 1 is 1.32 bits per heavy atom. The SMILES string of the molecule is COCCN(C(=O)c1ccc(OC2CCN(S(C)(=O)=O)CC2)c(Cl)c1)C(C)C. The zero-order chi connectivity index (χ0) is 20.9. The Labute approximate surface area is 172 Å². The van der Waals surface area contributed by atoms with E-state index in [-0.39, 0.29) is 18.1 Å². The first-order valence-electron chi connectivity index (χ1n) is 9.34. The van der Waals surface area contributed by atoms with Crippen LogP contribution in [0.2, 0.25) is 5.02 Å². The normalized spacial score (nSPS) is 16.4. The zero-order valence-corrected chi connectivity index (χ0v) is 18.4. The molecule has 1 aromatic rings. The predicted octanol–water partition coefficient (Wildman–Crippen LogP) is 2.64. The van der Waals surface area contributed by atoms with Crippen LogP contribution >= 0.6 is 11.6 Å². The predicted molar refractivity (Wildman–Crippen MR) is 110 cm³/mol. The molecule has 0 N–H and O–H groups in total. The van der Waals surface area contributed by atoms with Gasteiger partial charge >= 0.3 is 0 Å². The number of sulfonamides is 1. The average molecular weight is 433 g/mol. The molecule has 1 aromatic carbocycles. The molecule has 9 heteroatoms. The van der Waals surface area contributed by atoms with Crippen molar-refractivity contribution in [1.29, 1.82) is 0 Å². The van der Waals surface area contributed by atoms with Crippen molar-refractivity contribution < 1.29 is 22.7 Å². The van der Waals surface area contributed by atoms with Gasteiger partial charge in [0.15, 0.2) is 0 Å². The molecule has 1 amide bonds. The van der Waals surface area contributed by atoms with Gasteiger partial charge in [0.2, 0.25) is 10.0 Å². The van der Waals surface area contributed by atoms with Crippen molar-refractivity contribution in [3.63, 3.8) is 0 Å². The Morgan fingerprint density at radius 2 is 1.96 bits per heavy atom. The zero-order valence-electron chi connectivity index (χ0n) is 16.9. The summed E-state index contributed by atoms with van der Waals surface area (Å²) in [5, 5.41) is 0.367. The monoisotopic (exact) mass is 432 g/mol. The van der Waals surface area contributed by atoms with Gasteiger partial charge in [-0.05, 0) is 44.9 Å². The highest BCUT2D eigenvalue weighted by molar-refractivity contribution is 7.88. The number of hydrogen-bond donors (Lipinski definition) is 0. The molecule has 0 saturated carbocycles. The van der Waals surface area contributed by atoms with Crippen LogP contribution in [0.4, 0.5) is 0 Å². The van der Waals surface area contributed by atoms with E-state index in [1.807, 2.05) is 13.8 Å². The lowest BCUT2D eigenvalue weighted by atomic mass is 10.1. The molecule has 0 unspecified atom stereocenters. The smallest absolute Gasteiger partial charge is 0.254 e. The Bertz CT molecular complexity index is 777. The van der Waals surface area contributed by atoms with Crippen LogP contribution in [0.3, 0.4) is 0 Å². The van der Waals surface area contributed by atoms with E-state index in [2.05, 4.69) is 0 Å². The molecule has 2 rings (SSSR count). The number of nitrogens with zero attached hydrogens (tertiary/aromatic N) is 2. The molecular weight excluding hydrogens is 404 g/mol. The van der Waals surface area contributed by atoms with Crippen LogP contribution in [0.15, 0.2) is 18.2 Å². The highest BCUT2D eigenvalue weighted by Crippen LogP contribution is 2.29. The van der Waals surface area contributed by atoms with Crippen LogP contribution in [0.1, 0.15) is 37.0 Å². The van der Waals surface area contributed by atoms with Crippen molar-refractivity contribution in [3.8, 4) is 5.75 Å². The quantitative estimate of drug-likeness (QED) is 0.631.